The molecule has 0 radical (unpaired) electrons. The molecule has 7 heteroatoms. The molecule has 1 aromatic rings. The van der Waals surface area contributed by atoms with Crippen LogP contribution in [-0.2, 0) is 9.05 Å². The van der Waals surface area contributed by atoms with Crippen LogP contribution in [-0.4, -0.2) is 31.8 Å². The Morgan fingerprint density at radius 2 is 2.05 bits per heavy atom. The summed E-state index contributed by atoms with van der Waals surface area (Å²) >= 11 is 0. The van der Waals surface area contributed by atoms with Crippen LogP contribution in [0.15, 0.2) is 23.1 Å². The van der Waals surface area contributed by atoms with E-state index in [1.807, 2.05) is 13.8 Å². The van der Waals surface area contributed by atoms with Crippen molar-refractivity contribution in [1.82, 2.24) is 4.90 Å². The van der Waals surface area contributed by atoms with Gasteiger partial charge in [0, 0.05) is 23.3 Å². The van der Waals surface area contributed by atoms with E-state index in [1.165, 1.54) is 0 Å². The van der Waals surface area contributed by atoms with Crippen LogP contribution in [0.2, 0.25) is 0 Å². The summed E-state index contributed by atoms with van der Waals surface area (Å²) in [7, 11) is 1.24. The number of rotatable bonds is 2. The lowest BCUT2D eigenvalue weighted by Crippen LogP contribution is -2.34. The Bertz CT molecular complexity index is 647. The van der Waals surface area contributed by atoms with Crippen LogP contribution in [0.25, 0.3) is 0 Å². The first kappa shape index (κ1) is 15.3. The summed E-state index contributed by atoms with van der Waals surface area (Å²) in [5.74, 6) is -0.899. The van der Waals surface area contributed by atoms with Crippen LogP contribution in [0.1, 0.15) is 30.6 Å². The fourth-order valence-electron chi connectivity index (χ4n) is 2.56. The van der Waals surface area contributed by atoms with Crippen LogP contribution in [0.3, 0.4) is 0 Å². The normalized spacial score (nSPS) is 23.1. The van der Waals surface area contributed by atoms with Crippen LogP contribution < -0.4 is 0 Å². The van der Waals surface area contributed by atoms with E-state index in [2.05, 4.69) is 0 Å². The number of carbonyl (C=O) groups is 1. The first-order chi connectivity index (χ1) is 9.20. The Morgan fingerprint density at radius 1 is 1.40 bits per heavy atom. The number of amides is 1. The van der Waals surface area contributed by atoms with E-state index in [4.69, 9.17) is 10.7 Å². The van der Waals surface area contributed by atoms with Gasteiger partial charge in [-0.2, -0.15) is 0 Å². The van der Waals surface area contributed by atoms with E-state index in [9.17, 15) is 17.6 Å². The Labute approximate surface area is 121 Å². The van der Waals surface area contributed by atoms with Crippen molar-refractivity contribution >= 4 is 25.6 Å². The molecule has 2 atom stereocenters. The summed E-state index contributed by atoms with van der Waals surface area (Å²) < 4.78 is 36.3. The van der Waals surface area contributed by atoms with Gasteiger partial charge in [0.05, 0.1) is 10.5 Å². The summed E-state index contributed by atoms with van der Waals surface area (Å²) in [5, 5.41) is 0. The summed E-state index contributed by atoms with van der Waals surface area (Å²) in [6.45, 7) is 4.44. The van der Waals surface area contributed by atoms with Gasteiger partial charge in [0.1, 0.15) is 5.82 Å². The summed E-state index contributed by atoms with van der Waals surface area (Å²) in [5.41, 5.74) is -0.257. The highest BCUT2D eigenvalue weighted by atomic mass is 35.7. The zero-order valence-corrected chi connectivity index (χ0v) is 12.7. The molecule has 0 aliphatic carbocycles. The second-order valence-corrected chi connectivity index (χ2v) is 7.79. The molecule has 0 spiro atoms. The molecule has 1 saturated heterocycles. The smallest absolute Gasteiger partial charge is 0.261 e. The van der Waals surface area contributed by atoms with E-state index in [-0.39, 0.29) is 16.5 Å². The monoisotopic (exact) mass is 319 g/mol. The SMILES string of the molecule is CC1CC(C)N(C(=O)c2cc(S(=O)(=O)Cl)ccc2F)C1. The van der Waals surface area contributed by atoms with E-state index in [1.54, 1.807) is 4.90 Å². The molecule has 2 rings (SSSR count). The van der Waals surface area contributed by atoms with Crippen molar-refractivity contribution in [3.63, 3.8) is 0 Å². The molecule has 110 valence electrons. The number of nitrogens with zero attached hydrogens (tertiary/aromatic N) is 1. The van der Waals surface area contributed by atoms with Gasteiger partial charge < -0.3 is 4.90 Å². The molecule has 1 aliphatic heterocycles. The van der Waals surface area contributed by atoms with Crippen molar-refractivity contribution in [3.8, 4) is 0 Å². The molecule has 1 heterocycles. The fraction of sp³-hybridized carbons (Fsp3) is 0.462. The zero-order chi connectivity index (χ0) is 15.1. The third kappa shape index (κ3) is 2.96. The summed E-state index contributed by atoms with van der Waals surface area (Å²) in [6, 6.07) is 3.00. The Kier molecular flexibility index (Phi) is 4.07. The molecule has 2 unspecified atom stereocenters. The minimum atomic E-state index is -3.99. The van der Waals surface area contributed by atoms with Crippen LogP contribution in [0, 0.1) is 11.7 Å². The van der Waals surface area contributed by atoms with Crippen LogP contribution in [0.5, 0.6) is 0 Å². The molecule has 0 saturated carbocycles. The van der Waals surface area contributed by atoms with Crippen molar-refractivity contribution in [1.29, 1.82) is 0 Å². The molecule has 1 aromatic carbocycles. The van der Waals surface area contributed by atoms with Gasteiger partial charge in [0.25, 0.3) is 15.0 Å². The quantitative estimate of drug-likeness (QED) is 0.787. The van der Waals surface area contributed by atoms with Crippen LogP contribution >= 0.6 is 10.7 Å². The average molecular weight is 320 g/mol. The number of benzene rings is 1. The predicted octanol–water partition coefficient (Wildman–Crippen LogP) is 2.62. The van der Waals surface area contributed by atoms with E-state index >= 15 is 0 Å². The first-order valence-electron chi connectivity index (χ1n) is 6.25. The highest BCUT2D eigenvalue weighted by molar-refractivity contribution is 8.13. The zero-order valence-electron chi connectivity index (χ0n) is 11.1. The highest BCUT2D eigenvalue weighted by Crippen LogP contribution is 2.26. The predicted molar refractivity (Wildman–Crippen MR) is 73.7 cm³/mol. The fourth-order valence-corrected chi connectivity index (χ4v) is 3.33. The second kappa shape index (κ2) is 5.33. The minimum Gasteiger partial charge on any atom is -0.336 e. The highest BCUT2D eigenvalue weighted by Gasteiger charge is 2.32. The molecular weight excluding hydrogens is 305 g/mol. The molecule has 4 nitrogen and oxygen atoms in total. The van der Waals surface area contributed by atoms with Gasteiger partial charge in [-0.15, -0.1) is 0 Å². The summed E-state index contributed by atoms with van der Waals surface area (Å²) in [4.78, 5) is 13.6. The largest absolute Gasteiger partial charge is 0.336 e. The molecule has 1 amide bonds. The standard InChI is InChI=1S/C13H15ClFNO3S/c1-8-5-9(2)16(7-8)13(17)11-6-10(20(14,18)19)3-4-12(11)15/h3-4,6,8-9H,5,7H2,1-2H3. The third-order valence-electron chi connectivity index (χ3n) is 3.49. The van der Waals surface area contributed by atoms with Gasteiger partial charge in [0.2, 0.25) is 0 Å². The van der Waals surface area contributed by atoms with Crippen LogP contribution in [0.4, 0.5) is 4.39 Å². The second-order valence-electron chi connectivity index (χ2n) is 5.23. The number of halogens is 2. The maximum atomic E-state index is 13.8. The Morgan fingerprint density at radius 3 is 2.55 bits per heavy atom. The van der Waals surface area contributed by atoms with Gasteiger partial charge >= 0.3 is 0 Å². The maximum Gasteiger partial charge on any atom is 0.261 e. The average Bonchev–Trinajstić information content (AvgIpc) is 2.66. The van der Waals surface area contributed by atoms with Gasteiger partial charge in [-0.05, 0) is 37.5 Å². The Balaban J connectivity index is 2.40. The molecule has 20 heavy (non-hydrogen) atoms. The van der Waals surface area contributed by atoms with Gasteiger partial charge in [0.15, 0.2) is 0 Å². The third-order valence-corrected chi connectivity index (χ3v) is 4.85. The van der Waals surface area contributed by atoms with Gasteiger partial charge in [-0.25, -0.2) is 12.8 Å². The number of hydrogen-bond donors (Lipinski definition) is 0. The molecule has 1 fully saturated rings. The Hall–Kier alpha value is -1.14. The summed E-state index contributed by atoms with van der Waals surface area (Å²) in [6.07, 6.45) is 0.848. The van der Waals surface area contributed by atoms with Crippen molar-refractivity contribution in [2.75, 3.05) is 6.54 Å². The molecule has 0 N–H and O–H groups in total. The molecule has 0 bridgehead atoms. The lowest BCUT2D eigenvalue weighted by atomic mass is 10.1. The lowest BCUT2D eigenvalue weighted by molar-refractivity contribution is 0.0738. The van der Waals surface area contributed by atoms with Crippen molar-refractivity contribution in [3.05, 3.63) is 29.6 Å². The molecule has 1 aliphatic rings. The van der Waals surface area contributed by atoms with E-state index in [0.29, 0.717) is 12.5 Å². The number of hydrogen-bond acceptors (Lipinski definition) is 3. The minimum absolute atomic E-state index is 0.00756. The topological polar surface area (TPSA) is 54.5 Å². The van der Waals surface area contributed by atoms with E-state index in [0.717, 1.165) is 24.6 Å². The van der Waals surface area contributed by atoms with E-state index < -0.39 is 20.8 Å². The molecular formula is C13H15ClFNO3S. The lowest BCUT2D eigenvalue weighted by Gasteiger charge is -2.22. The van der Waals surface area contributed by atoms with Gasteiger partial charge in [-0.1, -0.05) is 6.92 Å². The maximum absolute atomic E-state index is 13.8. The van der Waals surface area contributed by atoms with Crippen molar-refractivity contribution in [2.45, 2.75) is 31.2 Å². The van der Waals surface area contributed by atoms with Crippen molar-refractivity contribution in [2.24, 2.45) is 5.92 Å². The first-order valence-corrected chi connectivity index (χ1v) is 8.56. The van der Waals surface area contributed by atoms with Gasteiger partial charge in [-0.3, -0.25) is 4.79 Å². The number of carbonyl (C=O) groups excluding carboxylic acids is 1. The van der Waals surface area contributed by atoms with Crippen molar-refractivity contribution < 1.29 is 17.6 Å². The number of likely N-dealkylation sites (tertiary alicyclic amines) is 1. The molecule has 0 aromatic heterocycles.